The Morgan fingerprint density at radius 1 is 1.53 bits per heavy atom. The molecule has 17 heavy (non-hydrogen) atoms. The minimum atomic E-state index is 0.220. The number of hydrogen-bond donors (Lipinski definition) is 1. The maximum absolute atomic E-state index is 11.9. The van der Waals surface area contributed by atoms with Crippen LogP contribution in [0.4, 0.5) is 0 Å². The fraction of sp³-hybridized carbons (Fsp3) is 0.923. The summed E-state index contributed by atoms with van der Waals surface area (Å²) in [6.45, 7) is 5.87. The summed E-state index contributed by atoms with van der Waals surface area (Å²) < 4.78 is 5.57. The summed E-state index contributed by atoms with van der Waals surface area (Å²) >= 11 is 0. The van der Waals surface area contributed by atoms with Gasteiger partial charge in [0.1, 0.15) is 0 Å². The maximum Gasteiger partial charge on any atom is 0.223 e. The van der Waals surface area contributed by atoms with Crippen LogP contribution in [0.5, 0.6) is 0 Å². The Hall–Kier alpha value is -0.610. The molecule has 0 aromatic rings. The second kappa shape index (κ2) is 5.36. The predicted octanol–water partition coefficient (Wildman–Crippen LogP) is 1.00. The molecule has 2 rings (SSSR count). The van der Waals surface area contributed by atoms with Crippen LogP contribution in [0.25, 0.3) is 0 Å². The van der Waals surface area contributed by atoms with Crippen molar-refractivity contribution in [2.45, 2.75) is 32.6 Å². The zero-order valence-corrected chi connectivity index (χ0v) is 10.8. The Kier molecular flexibility index (Phi) is 4.05. The van der Waals surface area contributed by atoms with Crippen LogP contribution in [0.3, 0.4) is 0 Å². The highest BCUT2D eigenvalue weighted by molar-refractivity contribution is 5.76. The van der Waals surface area contributed by atoms with Crippen molar-refractivity contribution in [2.75, 3.05) is 32.8 Å². The van der Waals surface area contributed by atoms with Gasteiger partial charge in [-0.3, -0.25) is 4.79 Å². The Morgan fingerprint density at radius 3 is 2.82 bits per heavy atom. The van der Waals surface area contributed by atoms with Crippen molar-refractivity contribution in [1.82, 2.24) is 4.90 Å². The fourth-order valence-electron chi connectivity index (χ4n) is 3.19. The van der Waals surface area contributed by atoms with Gasteiger partial charge in [-0.25, -0.2) is 0 Å². The normalized spacial score (nSPS) is 26.2. The van der Waals surface area contributed by atoms with Crippen molar-refractivity contribution in [2.24, 2.45) is 17.1 Å². The average molecular weight is 240 g/mol. The second-order valence-corrected chi connectivity index (χ2v) is 5.39. The summed E-state index contributed by atoms with van der Waals surface area (Å²) in [6, 6.07) is 0. The Labute approximate surface area is 103 Å². The molecule has 98 valence electrons. The average Bonchev–Trinajstić information content (AvgIpc) is 2.66. The van der Waals surface area contributed by atoms with Gasteiger partial charge >= 0.3 is 0 Å². The molecule has 1 amide bonds. The largest absolute Gasteiger partial charge is 0.381 e. The molecule has 0 radical (unpaired) electrons. The van der Waals surface area contributed by atoms with Crippen molar-refractivity contribution >= 4 is 5.91 Å². The van der Waals surface area contributed by atoms with E-state index < -0.39 is 0 Å². The fourth-order valence-corrected chi connectivity index (χ4v) is 3.19. The van der Waals surface area contributed by atoms with E-state index in [1.807, 2.05) is 11.8 Å². The number of ether oxygens (including phenoxy) is 1. The third kappa shape index (κ3) is 2.47. The zero-order valence-electron chi connectivity index (χ0n) is 10.8. The van der Waals surface area contributed by atoms with Crippen LogP contribution in [-0.4, -0.2) is 43.7 Å². The van der Waals surface area contributed by atoms with Gasteiger partial charge in [-0.1, -0.05) is 6.42 Å². The molecular formula is C13H24N2O2. The van der Waals surface area contributed by atoms with E-state index in [-0.39, 0.29) is 5.91 Å². The van der Waals surface area contributed by atoms with Crippen LogP contribution in [0.1, 0.15) is 32.6 Å². The minimum absolute atomic E-state index is 0.220. The van der Waals surface area contributed by atoms with Crippen molar-refractivity contribution in [3.63, 3.8) is 0 Å². The lowest BCUT2D eigenvalue weighted by molar-refractivity contribution is -0.130. The smallest absolute Gasteiger partial charge is 0.223 e. The van der Waals surface area contributed by atoms with E-state index in [1.54, 1.807) is 0 Å². The molecule has 1 spiro atoms. The molecule has 1 saturated carbocycles. The standard InChI is InChI=1S/C13H24N2O2/c1-2-17-9-11-8-15(12(16)4-7-14)10-13(11)5-3-6-13/h11H,2-10,14H2,1H3. The Balaban J connectivity index is 1.94. The van der Waals surface area contributed by atoms with Gasteiger partial charge in [-0.05, 0) is 25.2 Å². The number of amides is 1. The van der Waals surface area contributed by atoms with Crippen LogP contribution in [0.2, 0.25) is 0 Å². The maximum atomic E-state index is 11.9. The first kappa shape index (κ1) is 12.8. The molecule has 0 aromatic carbocycles. The molecule has 4 nitrogen and oxygen atoms in total. The number of hydrogen-bond acceptors (Lipinski definition) is 3. The van der Waals surface area contributed by atoms with Gasteiger partial charge in [-0.2, -0.15) is 0 Å². The first-order chi connectivity index (χ1) is 8.22. The summed E-state index contributed by atoms with van der Waals surface area (Å²) in [5, 5.41) is 0. The van der Waals surface area contributed by atoms with Gasteiger partial charge < -0.3 is 15.4 Å². The summed E-state index contributed by atoms with van der Waals surface area (Å²) in [5.74, 6) is 0.760. The van der Waals surface area contributed by atoms with E-state index in [0.29, 0.717) is 24.3 Å². The van der Waals surface area contributed by atoms with Gasteiger partial charge in [0.2, 0.25) is 5.91 Å². The van der Waals surface area contributed by atoms with Crippen LogP contribution in [0, 0.1) is 11.3 Å². The second-order valence-electron chi connectivity index (χ2n) is 5.39. The number of likely N-dealkylation sites (tertiary alicyclic amines) is 1. The van der Waals surface area contributed by atoms with Gasteiger partial charge in [0, 0.05) is 38.6 Å². The van der Waals surface area contributed by atoms with Gasteiger partial charge in [0.15, 0.2) is 0 Å². The molecule has 2 N–H and O–H groups in total. The molecular weight excluding hydrogens is 216 g/mol. The van der Waals surface area contributed by atoms with E-state index >= 15 is 0 Å². The Bertz CT molecular complexity index is 277. The lowest BCUT2D eigenvalue weighted by atomic mass is 9.63. The SMILES string of the molecule is CCOCC1CN(C(=O)CCN)CC12CCC2. The summed E-state index contributed by atoms with van der Waals surface area (Å²) in [4.78, 5) is 13.9. The topological polar surface area (TPSA) is 55.6 Å². The van der Waals surface area contributed by atoms with Crippen molar-refractivity contribution < 1.29 is 9.53 Å². The van der Waals surface area contributed by atoms with E-state index in [2.05, 4.69) is 0 Å². The number of carbonyl (C=O) groups excluding carboxylic acids is 1. The van der Waals surface area contributed by atoms with Gasteiger partial charge in [-0.15, -0.1) is 0 Å². The monoisotopic (exact) mass is 240 g/mol. The first-order valence-electron chi connectivity index (χ1n) is 6.77. The van der Waals surface area contributed by atoms with Gasteiger partial charge in [0.25, 0.3) is 0 Å². The first-order valence-corrected chi connectivity index (χ1v) is 6.77. The summed E-state index contributed by atoms with van der Waals surface area (Å²) in [7, 11) is 0. The Morgan fingerprint density at radius 2 is 2.29 bits per heavy atom. The number of carbonyl (C=O) groups is 1. The van der Waals surface area contributed by atoms with Crippen LogP contribution in [0.15, 0.2) is 0 Å². The summed E-state index contributed by atoms with van der Waals surface area (Å²) in [6.07, 6.45) is 4.31. The summed E-state index contributed by atoms with van der Waals surface area (Å²) in [5.41, 5.74) is 5.83. The van der Waals surface area contributed by atoms with Crippen molar-refractivity contribution in [3.8, 4) is 0 Å². The van der Waals surface area contributed by atoms with E-state index in [0.717, 1.165) is 26.3 Å². The highest BCUT2D eigenvalue weighted by Crippen LogP contribution is 2.51. The number of nitrogens with two attached hydrogens (primary N) is 1. The molecule has 1 atom stereocenters. The molecule has 1 saturated heterocycles. The highest BCUT2D eigenvalue weighted by Gasteiger charge is 2.51. The number of rotatable bonds is 5. The van der Waals surface area contributed by atoms with Gasteiger partial charge in [0.05, 0.1) is 6.61 Å². The van der Waals surface area contributed by atoms with Crippen molar-refractivity contribution in [3.05, 3.63) is 0 Å². The van der Waals surface area contributed by atoms with E-state index in [4.69, 9.17) is 10.5 Å². The zero-order chi connectivity index (χ0) is 12.3. The quantitative estimate of drug-likeness (QED) is 0.780. The molecule has 1 aliphatic heterocycles. The molecule has 2 fully saturated rings. The van der Waals surface area contributed by atoms with Crippen molar-refractivity contribution in [1.29, 1.82) is 0 Å². The van der Waals surface area contributed by atoms with E-state index in [1.165, 1.54) is 19.3 Å². The molecule has 4 heteroatoms. The lowest BCUT2D eigenvalue weighted by Gasteiger charge is -2.42. The van der Waals surface area contributed by atoms with Crippen LogP contribution in [-0.2, 0) is 9.53 Å². The lowest BCUT2D eigenvalue weighted by Crippen LogP contribution is -2.40. The molecule has 0 aromatic heterocycles. The van der Waals surface area contributed by atoms with Crippen LogP contribution < -0.4 is 5.73 Å². The minimum Gasteiger partial charge on any atom is -0.381 e. The molecule has 2 aliphatic rings. The third-order valence-electron chi connectivity index (χ3n) is 4.40. The third-order valence-corrected chi connectivity index (χ3v) is 4.40. The predicted molar refractivity (Wildman–Crippen MR) is 66.5 cm³/mol. The van der Waals surface area contributed by atoms with Crippen LogP contribution >= 0.6 is 0 Å². The number of nitrogens with zero attached hydrogens (tertiary/aromatic N) is 1. The molecule has 1 aliphatic carbocycles. The molecule has 1 heterocycles. The molecule has 1 unspecified atom stereocenters. The molecule has 0 bridgehead atoms. The van der Waals surface area contributed by atoms with E-state index in [9.17, 15) is 4.79 Å². The highest BCUT2D eigenvalue weighted by atomic mass is 16.5.